The highest BCUT2D eigenvalue weighted by atomic mass is 35.5. The fourth-order valence-corrected chi connectivity index (χ4v) is 2.75. The van der Waals surface area contributed by atoms with Gasteiger partial charge in [-0.15, -0.1) is 0 Å². The number of rotatable bonds is 5. The van der Waals surface area contributed by atoms with Crippen LogP contribution in [0.2, 0.25) is 5.02 Å². The molecule has 114 valence electrons. The van der Waals surface area contributed by atoms with Crippen LogP contribution < -0.4 is 10.1 Å². The van der Waals surface area contributed by atoms with E-state index in [1.807, 2.05) is 24.7 Å². The number of benzene rings is 1. The second-order valence-electron chi connectivity index (χ2n) is 5.37. The SMILES string of the molecule is CNC(c1ccc(C)c(OC)c1)c1c(Cl)cnn1C(C)C. The molecule has 0 bridgehead atoms. The summed E-state index contributed by atoms with van der Waals surface area (Å²) in [7, 11) is 3.61. The monoisotopic (exact) mass is 307 g/mol. The first-order valence-corrected chi connectivity index (χ1v) is 7.42. The van der Waals surface area contributed by atoms with Crippen LogP contribution in [-0.4, -0.2) is 23.9 Å². The summed E-state index contributed by atoms with van der Waals surface area (Å²) in [6, 6.07) is 6.41. The summed E-state index contributed by atoms with van der Waals surface area (Å²) >= 11 is 6.36. The normalized spacial score (nSPS) is 12.7. The molecule has 0 saturated heterocycles. The molecular formula is C16H22ClN3O. The minimum atomic E-state index is -0.0306. The van der Waals surface area contributed by atoms with Crippen molar-refractivity contribution < 1.29 is 4.74 Å². The third-order valence-electron chi connectivity index (χ3n) is 3.60. The van der Waals surface area contributed by atoms with Gasteiger partial charge in [-0.3, -0.25) is 4.68 Å². The smallest absolute Gasteiger partial charge is 0.122 e. The van der Waals surface area contributed by atoms with Gasteiger partial charge >= 0.3 is 0 Å². The van der Waals surface area contributed by atoms with Gasteiger partial charge in [0.15, 0.2) is 0 Å². The Labute approximate surface area is 131 Å². The molecule has 0 saturated carbocycles. The molecule has 1 heterocycles. The van der Waals surface area contributed by atoms with Crippen LogP contribution in [0.5, 0.6) is 5.75 Å². The van der Waals surface area contributed by atoms with E-state index in [0.717, 1.165) is 22.6 Å². The lowest BCUT2D eigenvalue weighted by Gasteiger charge is -2.22. The van der Waals surface area contributed by atoms with E-state index in [-0.39, 0.29) is 12.1 Å². The summed E-state index contributed by atoms with van der Waals surface area (Å²) in [5.41, 5.74) is 3.18. The quantitative estimate of drug-likeness (QED) is 0.914. The standard InChI is InChI=1S/C16H22ClN3O/c1-10(2)20-16(13(17)9-19-20)15(18-4)12-7-6-11(3)14(8-12)21-5/h6-10,15,18H,1-5H3. The van der Waals surface area contributed by atoms with Gasteiger partial charge in [-0.1, -0.05) is 23.7 Å². The molecule has 0 radical (unpaired) electrons. The van der Waals surface area contributed by atoms with Crippen molar-refractivity contribution in [3.05, 3.63) is 46.2 Å². The number of methoxy groups -OCH3 is 1. The molecule has 0 fully saturated rings. The number of aryl methyl sites for hydroxylation is 1. The molecule has 0 aliphatic heterocycles. The maximum absolute atomic E-state index is 6.36. The molecule has 1 N–H and O–H groups in total. The molecule has 5 heteroatoms. The molecule has 0 aliphatic carbocycles. The Bertz CT molecular complexity index is 622. The first-order valence-electron chi connectivity index (χ1n) is 7.04. The predicted octanol–water partition coefficient (Wildman–Crippen LogP) is 3.74. The van der Waals surface area contributed by atoms with E-state index in [1.54, 1.807) is 13.3 Å². The molecule has 4 nitrogen and oxygen atoms in total. The third kappa shape index (κ3) is 3.06. The molecule has 21 heavy (non-hydrogen) atoms. The average molecular weight is 308 g/mol. The minimum Gasteiger partial charge on any atom is -0.496 e. The Morgan fingerprint density at radius 3 is 2.62 bits per heavy atom. The third-order valence-corrected chi connectivity index (χ3v) is 3.89. The van der Waals surface area contributed by atoms with Crippen molar-refractivity contribution in [3.63, 3.8) is 0 Å². The summed E-state index contributed by atoms with van der Waals surface area (Å²) in [5.74, 6) is 0.875. The van der Waals surface area contributed by atoms with E-state index in [0.29, 0.717) is 5.02 Å². The number of hydrogen-bond donors (Lipinski definition) is 1. The Morgan fingerprint density at radius 1 is 1.33 bits per heavy atom. The average Bonchev–Trinajstić information content (AvgIpc) is 2.84. The van der Waals surface area contributed by atoms with Crippen LogP contribution in [0, 0.1) is 6.92 Å². The van der Waals surface area contributed by atoms with Gasteiger partial charge in [0, 0.05) is 6.04 Å². The summed E-state index contributed by atoms with van der Waals surface area (Å²) in [6.07, 6.45) is 1.70. The topological polar surface area (TPSA) is 39.1 Å². The second kappa shape index (κ2) is 6.50. The van der Waals surface area contributed by atoms with Crippen LogP contribution in [0.1, 0.15) is 42.8 Å². The van der Waals surface area contributed by atoms with Crippen molar-refractivity contribution in [2.24, 2.45) is 0 Å². The largest absolute Gasteiger partial charge is 0.496 e. The number of nitrogens with zero attached hydrogens (tertiary/aromatic N) is 2. The van der Waals surface area contributed by atoms with Crippen LogP contribution in [-0.2, 0) is 0 Å². The van der Waals surface area contributed by atoms with Gasteiger partial charge < -0.3 is 10.1 Å². The number of nitrogens with one attached hydrogen (secondary N) is 1. The van der Waals surface area contributed by atoms with Crippen LogP contribution in [0.15, 0.2) is 24.4 Å². The Balaban J connectivity index is 2.52. The summed E-state index contributed by atoms with van der Waals surface area (Å²) < 4.78 is 7.38. The number of hydrogen-bond acceptors (Lipinski definition) is 3. The van der Waals surface area contributed by atoms with Crippen molar-refractivity contribution in [1.82, 2.24) is 15.1 Å². The molecule has 0 amide bonds. The van der Waals surface area contributed by atoms with E-state index in [2.05, 4.69) is 36.4 Å². The highest BCUT2D eigenvalue weighted by Crippen LogP contribution is 2.32. The molecule has 2 rings (SSSR count). The molecule has 1 aromatic heterocycles. The van der Waals surface area contributed by atoms with Gasteiger partial charge in [-0.2, -0.15) is 5.10 Å². The molecule has 0 aliphatic rings. The number of ether oxygens (including phenoxy) is 1. The zero-order valence-corrected chi connectivity index (χ0v) is 13.9. The maximum atomic E-state index is 6.36. The number of halogens is 1. The molecule has 2 aromatic rings. The second-order valence-corrected chi connectivity index (χ2v) is 5.77. The fourth-order valence-electron chi connectivity index (χ4n) is 2.51. The molecule has 1 aromatic carbocycles. The van der Waals surface area contributed by atoms with Crippen LogP contribution in [0.25, 0.3) is 0 Å². The zero-order valence-electron chi connectivity index (χ0n) is 13.1. The van der Waals surface area contributed by atoms with Gasteiger partial charge in [0.1, 0.15) is 5.75 Å². The number of aromatic nitrogens is 2. The van der Waals surface area contributed by atoms with Gasteiger partial charge in [-0.25, -0.2) is 0 Å². The van der Waals surface area contributed by atoms with E-state index >= 15 is 0 Å². The van der Waals surface area contributed by atoms with Gasteiger partial charge in [0.25, 0.3) is 0 Å². The highest BCUT2D eigenvalue weighted by molar-refractivity contribution is 6.31. The van der Waals surface area contributed by atoms with E-state index in [4.69, 9.17) is 16.3 Å². The van der Waals surface area contributed by atoms with Gasteiger partial charge in [0.05, 0.1) is 30.1 Å². The van der Waals surface area contributed by atoms with Crippen molar-refractivity contribution in [1.29, 1.82) is 0 Å². The summed E-state index contributed by atoms with van der Waals surface area (Å²) in [6.45, 7) is 6.22. The Hall–Kier alpha value is -1.52. The maximum Gasteiger partial charge on any atom is 0.122 e. The molecule has 1 unspecified atom stereocenters. The van der Waals surface area contributed by atoms with Gasteiger partial charge in [-0.05, 0) is 45.0 Å². The van der Waals surface area contributed by atoms with Crippen molar-refractivity contribution >= 4 is 11.6 Å². The molecular weight excluding hydrogens is 286 g/mol. The van der Waals surface area contributed by atoms with Crippen LogP contribution in [0.3, 0.4) is 0 Å². The van der Waals surface area contributed by atoms with E-state index < -0.39 is 0 Å². The van der Waals surface area contributed by atoms with Gasteiger partial charge in [0.2, 0.25) is 0 Å². The molecule has 1 atom stereocenters. The Kier molecular flexibility index (Phi) is 4.91. The van der Waals surface area contributed by atoms with Crippen molar-refractivity contribution in [2.45, 2.75) is 32.9 Å². The summed E-state index contributed by atoms with van der Waals surface area (Å²) in [4.78, 5) is 0. The van der Waals surface area contributed by atoms with Crippen molar-refractivity contribution in [2.75, 3.05) is 14.2 Å². The van der Waals surface area contributed by atoms with Crippen LogP contribution >= 0.6 is 11.6 Å². The van der Waals surface area contributed by atoms with Crippen molar-refractivity contribution in [3.8, 4) is 5.75 Å². The lowest BCUT2D eigenvalue weighted by atomic mass is 10.0. The predicted molar refractivity (Wildman–Crippen MR) is 86.3 cm³/mol. The Morgan fingerprint density at radius 2 is 2.05 bits per heavy atom. The minimum absolute atomic E-state index is 0.0306. The lowest BCUT2D eigenvalue weighted by Crippen LogP contribution is -2.23. The summed E-state index contributed by atoms with van der Waals surface area (Å²) in [5, 5.41) is 8.38. The first kappa shape index (κ1) is 15.9. The lowest BCUT2D eigenvalue weighted by molar-refractivity contribution is 0.410. The van der Waals surface area contributed by atoms with Crippen LogP contribution in [0.4, 0.5) is 0 Å². The van der Waals surface area contributed by atoms with E-state index in [9.17, 15) is 0 Å². The highest BCUT2D eigenvalue weighted by Gasteiger charge is 2.22. The van der Waals surface area contributed by atoms with E-state index in [1.165, 1.54) is 0 Å². The first-order chi connectivity index (χ1) is 9.99. The fraction of sp³-hybridized carbons (Fsp3) is 0.438. The molecule has 0 spiro atoms. The zero-order chi connectivity index (χ0) is 15.6.